The molecule has 1 aromatic rings. The summed E-state index contributed by atoms with van der Waals surface area (Å²) < 4.78 is 5.42. The fourth-order valence-corrected chi connectivity index (χ4v) is 2.40. The van der Waals surface area contributed by atoms with Crippen molar-refractivity contribution in [1.29, 1.82) is 0 Å². The van der Waals surface area contributed by atoms with Gasteiger partial charge >= 0.3 is 0 Å². The monoisotopic (exact) mass is 266 g/mol. The summed E-state index contributed by atoms with van der Waals surface area (Å²) in [5.74, 6) is 0.751. The maximum atomic E-state index is 6.17. The number of ether oxygens (including phenoxy) is 1. The molecular weight excluding hydrogens is 248 g/mol. The van der Waals surface area contributed by atoms with E-state index in [1.165, 1.54) is 5.56 Å². The second-order valence-corrected chi connectivity index (χ2v) is 4.88. The summed E-state index contributed by atoms with van der Waals surface area (Å²) in [4.78, 5) is 2.32. The summed E-state index contributed by atoms with van der Waals surface area (Å²) in [5, 5.41) is 0.676. The van der Waals surface area contributed by atoms with Crippen LogP contribution in [0.3, 0.4) is 0 Å². The van der Waals surface area contributed by atoms with E-state index in [0.29, 0.717) is 11.6 Å². The van der Waals surface area contributed by atoms with E-state index in [1.54, 1.807) is 0 Å². The van der Waals surface area contributed by atoms with Crippen LogP contribution in [-0.4, -0.2) is 24.6 Å². The minimum Gasteiger partial charge on any atom is -0.492 e. The Morgan fingerprint density at radius 3 is 2.94 bits per heavy atom. The molecule has 1 aliphatic rings. The van der Waals surface area contributed by atoms with E-state index >= 15 is 0 Å². The lowest BCUT2D eigenvalue weighted by Crippen LogP contribution is -2.31. The number of nitrogens with zero attached hydrogens (tertiary/aromatic N) is 1. The topological polar surface area (TPSA) is 38.5 Å². The Morgan fingerprint density at radius 2 is 2.28 bits per heavy atom. The van der Waals surface area contributed by atoms with E-state index in [4.69, 9.17) is 22.1 Å². The van der Waals surface area contributed by atoms with Gasteiger partial charge in [0.1, 0.15) is 5.75 Å². The lowest BCUT2D eigenvalue weighted by molar-refractivity contribution is 0.281. The van der Waals surface area contributed by atoms with Crippen LogP contribution in [0.15, 0.2) is 30.0 Å². The standard InChI is InChI=1S/C14H19ClN2O/c1-2-18-14-6-5-11(8-13(14)15)9-17-7-3-4-12(16)10-17/h4-6,8H,2-3,7,9-10,16H2,1H3. The van der Waals surface area contributed by atoms with E-state index in [0.717, 1.165) is 37.5 Å². The van der Waals surface area contributed by atoms with Crippen molar-refractivity contribution >= 4 is 11.6 Å². The molecule has 4 heteroatoms. The summed E-state index contributed by atoms with van der Waals surface area (Å²) in [7, 11) is 0. The third-order valence-corrected chi connectivity index (χ3v) is 3.26. The number of rotatable bonds is 4. The summed E-state index contributed by atoms with van der Waals surface area (Å²) in [6.45, 7) is 5.34. The van der Waals surface area contributed by atoms with Gasteiger partial charge in [0.15, 0.2) is 0 Å². The highest BCUT2D eigenvalue weighted by atomic mass is 35.5. The molecule has 0 fully saturated rings. The highest BCUT2D eigenvalue weighted by Gasteiger charge is 2.11. The molecule has 0 unspecified atom stereocenters. The van der Waals surface area contributed by atoms with Crippen LogP contribution >= 0.6 is 11.6 Å². The fourth-order valence-electron chi connectivity index (χ4n) is 2.14. The van der Waals surface area contributed by atoms with Crippen molar-refractivity contribution in [2.24, 2.45) is 5.73 Å². The first-order valence-corrected chi connectivity index (χ1v) is 6.65. The molecule has 0 radical (unpaired) electrons. The summed E-state index contributed by atoms with van der Waals surface area (Å²) in [6, 6.07) is 5.97. The van der Waals surface area contributed by atoms with Gasteiger partial charge < -0.3 is 10.5 Å². The number of halogens is 1. The van der Waals surface area contributed by atoms with Gasteiger partial charge in [0, 0.05) is 25.3 Å². The van der Waals surface area contributed by atoms with E-state index in [1.807, 2.05) is 19.1 Å². The van der Waals surface area contributed by atoms with E-state index in [-0.39, 0.29) is 0 Å². The molecule has 0 amide bonds. The molecule has 18 heavy (non-hydrogen) atoms. The lowest BCUT2D eigenvalue weighted by atomic mass is 10.1. The molecule has 0 saturated heterocycles. The van der Waals surface area contributed by atoms with E-state index in [2.05, 4.69) is 17.0 Å². The van der Waals surface area contributed by atoms with Gasteiger partial charge in [0.25, 0.3) is 0 Å². The first-order chi connectivity index (χ1) is 8.69. The van der Waals surface area contributed by atoms with Crippen molar-refractivity contribution in [2.45, 2.75) is 19.9 Å². The Labute approximate surface area is 113 Å². The van der Waals surface area contributed by atoms with Crippen molar-refractivity contribution in [1.82, 2.24) is 4.90 Å². The van der Waals surface area contributed by atoms with Crippen LogP contribution in [0.4, 0.5) is 0 Å². The predicted octanol–water partition coefficient (Wildman–Crippen LogP) is 2.79. The SMILES string of the molecule is CCOc1ccc(CN2CCC=C(N)C2)cc1Cl. The minimum absolute atomic E-state index is 0.631. The highest BCUT2D eigenvalue weighted by molar-refractivity contribution is 6.32. The van der Waals surface area contributed by atoms with Crippen LogP contribution in [0.1, 0.15) is 18.9 Å². The van der Waals surface area contributed by atoms with Gasteiger partial charge in [-0.3, -0.25) is 4.90 Å². The molecule has 1 heterocycles. The van der Waals surface area contributed by atoms with Crippen LogP contribution in [0.25, 0.3) is 0 Å². The van der Waals surface area contributed by atoms with Crippen molar-refractivity contribution in [3.8, 4) is 5.75 Å². The van der Waals surface area contributed by atoms with Crippen LogP contribution in [0.5, 0.6) is 5.75 Å². The molecule has 2 rings (SSSR count). The van der Waals surface area contributed by atoms with Gasteiger partial charge in [0.05, 0.1) is 11.6 Å². The molecule has 0 aliphatic carbocycles. The van der Waals surface area contributed by atoms with Crippen LogP contribution < -0.4 is 10.5 Å². The Bertz CT molecular complexity index is 445. The maximum absolute atomic E-state index is 6.17. The molecular formula is C14H19ClN2O. The molecule has 2 N–H and O–H groups in total. The molecule has 3 nitrogen and oxygen atoms in total. The smallest absolute Gasteiger partial charge is 0.137 e. The average molecular weight is 267 g/mol. The zero-order valence-corrected chi connectivity index (χ0v) is 11.4. The maximum Gasteiger partial charge on any atom is 0.137 e. The highest BCUT2D eigenvalue weighted by Crippen LogP contribution is 2.26. The van der Waals surface area contributed by atoms with Crippen molar-refractivity contribution < 1.29 is 4.74 Å². The first-order valence-electron chi connectivity index (χ1n) is 6.27. The molecule has 0 atom stereocenters. The second kappa shape index (κ2) is 6.12. The minimum atomic E-state index is 0.631. The Balaban J connectivity index is 2.01. The second-order valence-electron chi connectivity index (χ2n) is 4.48. The summed E-state index contributed by atoms with van der Waals surface area (Å²) in [6.07, 6.45) is 3.12. The lowest BCUT2D eigenvalue weighted by Gasteiger charge is -2.25. The van der Waals surface area contributed by atoms with Gasteiger partial charge in [-0.2, -0.15) is 0 Å². The van der Waals surface area contributed by atoms with E-state index in [9.17, 15) is 0 Å². The Hall–Kier alpha value is -1.19. The van der Waals surface area contributed by atoms with Crippen LogP contribution in [0, 0.1) is 0 Å². The quantitative estimate of drug-likeness (QED) is 0.911. The fraction of sp³-hybridized carbons (Fsp3) is 0.429. The number of hydrogen-bond donors (Lipinski definition) is 1. The molecule has 0 bridgehead atoms. The van der Waals surface area contributed by atoms with Crippen LogP contribution in [0.2, 0.25) is 5.02 Å². The first kappa shape index (κ1) is 13.2. The van der Waals surface area contributed by atoms with Crippen molar-refractivity contribution in [2.75, 3.05) is 19.7 Å². The van der Waals surface area contributed by atoms with Gasteiger partial charge in [0.2, 0.25) is 0 Å². The number of hydrogen-bond acceptors (Lipinski definition) is 3. The molecule has 0 spiro atoms. The zero-order valence-electron chi connectivity index (χ0n) is 10.7. The van der Waals surface area contributed by atoms with Crippen molar-refractivity contribution in [3.63, 3.8) is 0 Å². The molecule has 98 valence electrons. The Kier molecular flexibility index (Phi) is 4.50. The summed E-state index contributed by atoms with van der Waals surface area (Å²) in [5.41, 5.74) is 8.00. The van der Waals surface area contributed by atoms with Gasteiger partial charge in [-0.1, -0.05) is 23.7 Å². The van der Waals surface area contributed by atoms with Crippen molar-refractivity contribution in [3.05, 3.63) is 40.6 Å². The largest absolute Gasteiger partial charge is 0.492 e. The molecule has 1 aliphatic heterocycles. The molecule has 0 saturated carbocycles. The number of nitrogens with two attached hydrogens (primary N) is 1. The zero-order chi connectivity index (χ0) is 13.0. The molecule has 1 aromatic carbocycles. The third kappa shape index (κ3) is 3.40. The third-order valence-electron chi connectivity index (χ3n) is 2.96. The average Bonchev–Trinajstić information content (AvgIpc) is 2.33. The van der Waals surface area contributed by atoms with E-state index < -0.39 is 0 Å². The summed E-state index contributed by atoms with van der Waals surface area (Å²) >= 11 is 6.17. The molecule has 0 aromatic heterocycles. The normalized spacial score (nSPS) is 16.4. The van der Waals surface area contributed by atoms with Gasteiger partial charge in [-0.25, -0.2) is 0 Å². The Morgan fingerprint density at radius 1 is 1.44 bits per heavy atom. The van der Waals surface area contributed by atoms with Gasteiger partial charge in [-0.05, 0) is 31.0 Å². The van der Waals surface area contributed by atoms with Gasteiger partial charge in [-0.15, -0.1) is 0 Å². The van der Waals surface area contributed by atoms with Crippen LogP contribution in [-0.2, 0) is 6.54 Å². The predicted molar refractivity (Wildman–Crippen MR) is 74.8 cm³/mol. The number of benzene rings is 1.